The summed E-state index contributed by atoms with van der Waals surface area (Å²) in [5, 5.41) is 0. The highest BCUT2D eigenvalue weighted by molar-refractivity contribution is 5.29. The molecule has 15 heavy (non-hydrogen) atoms. The van der Waals surface area contributed by atoms with Gasteiger partial charge in [0.25, 0.3) is 0 Å². The van der Waals surface area contributed by atoms with Crippen molar-refractivity contribution in [1.29, 1.82) is 0 Å². The zero-order chi connectivity index (χ0) is 10.5. The number of ether oxygens (including phenoxy) is 1. The molecule has 0 spiro atoms. The Morgan fingerprint density at radius 1 is 1.27 bits per heavy atom. The summed E-state index contributed by atoms with van der Waals surface area (Å²) in [4.78, 5) is 10.9. The van der Waals surface area contributed by atoms with E-state index >= 15 is 0 Å². The van der Waals surface area contributed by atoms with E-state index in [-0.39, 0.29) is 0 Å². The molecule has 0 saturated carbocycles. The fourth-order valence-corrected chi connectivity index (χ4v) is 1.68. The molecule has 2 rings (SSSR count). The monoisotopic (exact) mass is 207 g/mol. The Kier molecular flexibility index (Phi) is 3.50. The first-order valence-electron chi connectivity index (χ1n) is 5.48. The zero-order valence-electron chi connectivity index (χ0n) is 9.15. The number of rotatable bonds is 1. The Morgan fingerprint density at radius 3 is 3.07 bits per heavy atom. The van der Waals surface area contributed by atoms with Crippen molar-refractivity contribution in [3.8, 4) is 0 Å². The molecule has 4 heteroatoms. The van der Waals surface area contributed by atoms with Crippen LogP contribution in [0.2, 0.25) is 0 Å². The highest BCUT2D eigenvalue weighted by Crippen LogP contribution is 2.10. The lowest BCUT2D eigenvalue weighted by Crippen LogP contribution is -2.32. The molecule has 0 radical (unpaired) electrons. The first-order chi connectivity index (χ1) is 7.36. The summed E-state index contributed by atoms with van der Waals surface area (Å²) in [6, 6.07) is 1.92. The molecule has 0 amide bonds. The van der Waals surface area contributed by atoms with Crippen LogP contribution in [0.15, 0.2) is 12.3 Å². The summed E-state index contributed by atoms with van der Waals surface area (Å²) in [6.07, 6.45) is 4.09. The Balaban J connectivity index is 2.06. The highest BCUT2D eigenvalue weighted by atomic mass is 16.5. The van der Waals surface area contributed by atoms with Gasteiger partial charge in [-0.3, -0.25) is 0 Å². The highest BCUT2D eigenvalue weighted by Gasteiger charge is 2.11. The molecule has 1 aliphatic rings. The van der Waals surface area contributed by atoms with Crippen molar-refractivity contribution in [1.82, 2.24) is 9.97 Å². The van der Waals surface area contributed by atoms with Crippen LogP contribution >= 0.6 is 0 Å². The zero-order valence-corrected chi connectivity index (χ0v) is 9.15. The van der Waals surface area contributed by atoms with Gasteiger partial charge in [-0.1, -0.05) is 0 Å². The van der Waals surface area contributed by atoms with Gasteiger partial charge in [-0.15, -0.1) is 0 Å². The fourth-order valence-electron chi connectivity index (χ4n) is 1.68. The van der Waals surface area contributed by atoms with Crippen LogP contribution in [0.25, 0.3) is 0 Å². The van der Waals surface area contributed by atoms with Gasteiger partial charge in [-0.25, -0.2) is 9.97 Å². The van der Waals surface area contributed by atoms with E-state index in [1.165, 1.54) is 0 Å². The second-order valence-corrected chi connectivity index (χ2v) is 3.80. The van der Waals surface area contributed by atoms with Crippen molar-refractivity contribution < 1.29 is 4.74 Å². The molecule has 0 unspecified atom stereocenters. The summed E-state index contributed by atoms with van der Waals surface area (Å²) in [5.74, 6) is 0.834. The van der Waals surface area contributed by atoms with Crippen molar-refractivity contribution in [2.45, 2.75) is 19.8 Å². The van der Waals surface area contributed by atoms with Gasteiger partial charge in [0.05, 0.1) is 6.61 Å². The molecule has 1 saturated heterocycles. The van der Waals surface area contributed by atoms with Crippen LogP contribution in [0.1, 0.15) is 18.5 Å². The lowest BCUT2D eigenvalue weighted by molar-refractivity contribution is 0.129. The van der Waals surface area contributed by atoms with E-state index in [1.54, 1.807) is 0 Å². The number of hydrogen-bond donors (Lipinski definition) is 0. The van der Waals surface area contributed by atoms with E-state index in [0.717, 1.165) is 50.8 Å². The average Bonchev–Trinajstić information content (AvgIpc) is 2.16. The second kappa shape index (κ2) is 5.07. The first kappa shape index (κ1) is 10.4. The van der Waals surface area contributed by atoms with E-state index in [1.807, 2.05) is 19.2 Å². The molecule has 1 aromatic rings. The normalized spacial score (nSPS) is 18.3. The minimum atomic E-state index is 0.775. The van der Waals surface area contributed by atoms with Crippen molar-refractivity contribution in [3.05, 3.63) is 18.0 Å². The largest absolute Gasteiger partial charge is 0.380 e. The second-order valence-electron chi connectivity index (χ2n) is 3.80. The minimum Gasteiger partial charge on any atom is -0.380 e. The lowest BCUT2D eigenvalue weighted by atomic mass is 10.3. The van der Waals surface area contributed by atoms with E-state index < -0.39 is 0 Å². The Labute approximate surface area is 90.3 Å². The van der Waals surface area contributed by atoms with Crippen LogP contribution in [0.5, 0.6) is 0 Å². The summed E-state index contributed by atoms with van der Waals surface area (Å²) >= 11 is 0. The van der Waals surface area contributed by atoms with Crippen LogP contribution in [0, 0.1) is 6.92 Å². The summed E-state index contributed by atoms with van der Waals surface area (Å²) in [6.45, 7) is 5.59. The molecule has 0 aromatic carbocycles. The molecule has 0 aliphatic carbocycles. The third kappa shape index (κ3) is 2.89. The summed E-state index contributed by atoms with van der Waals surface area (Å²) in [7, 11) is 0. The fraction of sp³-hybridized carbons (Fsp3) is 0.636. The van der Waals surface area contributed by atoms with Crippen LogP contribution in [-0.2, 0) is 4.74 Å². The standard InChI is InChI=1S/C11H17N3O/c1-10-4-5-12-11(13-10)14-6-2-3-8-15-9-7-14/h4-5H,2-3,6-9H2,1H3. The predicted octanol–water partition coefficient (Wildman–Crippen LogP) is 1.40. The van der Waals surface area contributed by atoms with Gasteiger partial charge in [0.15, 0.2) is 0 Å². The molecular weight excluding hydrogens is 190 g/mol. The Hall–Kier alpha value is -1.16. The molecule has 0 atom stereocenters. The van der Waals surface area contributed by atoms with E-state index in [9.17, 15) is 0 Å². The topological polar surface area (TPSA) is 38.2 Å². The molecule has 1 fully saturated rings. The average molecular weight is 207 g/mol. The van der Waals surface area contributed by atoms with Crippen LogP contribution < -0.4 is 4.90 Å². The third-order valence-corrected chi connectivity index (χ3v) is 2.54. The van der Waals surface area contributed by atoms with Gasteiger partial charge in [0, 0.05) is 31.6 Å². The van der Waals surface area contributed by atoms with Crippen molar-refractivity contribution >= 4 is 5.95 Å². The number of anilines is 1. The van der Waals surface area contributed by atoms with Gasteiger partial charge in [-0.05, 0) is 25.8 Å². The first-order valence-corrected chi connectivity index (χ1v) is 5.48. The Morgan fingerprint density at radius 2 is 2.20 bits per heavy atom. The van der Waals surface area contributed by atoms with E-state index in [2.05, 4.69) is 14.9 Å². The van der Waals surface area contributed by atoms with E-state index in [0.29, 0.717) is 0 Å². The van der Waals surface area contributed by atoms with Crippen LogP contribution in [-0.4, -0.2) is 36.3 Å². The maximum atomic E-state index is 5.46. The SMILES string of the molecule is Cc1ccnc(N2CCCCOCC2)n1. The molecule has 1 aromatic heterocycles. The van der Waals surface area contributed by atoms with Crippen molar-refractivity contribution in [2.24, 2.45) is 0 Å². The number of aromatic nitrogens is 2. The van der Waals surface area contributed by atoms with Gasteiger partial charge in [0.1, 0.15) is 0 Å². The van der Waals surface area contributed by atoms with Crippen LogP contribution in [0.3, 0.4) is 0 Å². The van der Waals surface area contributed by atoms with Crippen molar-refractivity contribution in [2.75, 3.05) is 31.2 Å². The molecule has 0 bridgehead atoms. The molecule has 0 N–H and O–H groups in total. The molecular formula is C11H17N3O. The lowest BCUT2D eigenvalue weighted by Gasteiger charge is -2.24. The van der Waals surface area contributed by atoms with Crippen molar-refractivity contribution in [3.63, 3.8) is 0 Å². The van der Waals surface area contributed by atoms with Gasteiger partial charge < -0.3 is 9.64 Å². The van der Waals surface area contributed by atoms with E-state index in [4.69, 9.17) is 4.74 Å². The number of nitrogens with zero attached hydrogens (tertiary/aromatic N) is 3. The molecule has 2 heterocycles. The number of aryl methyl sites for hydroxylation is 1. The third-order valence-electron chi connectivity index (χ3n) is 2.54. The molecule has 1 aliphatic heterocycles. The predicted molar refractivity (Wildman–Crippen MR) is 59.0 cm³/mol. The number of hydrogen-bond acceptors (Lipinski definition) is 4. The smallest absolute Gasteiger partial charge is 0.225 e. The van der Waals surface area contributed by atoms with Gasteiger partial charge >= 0.3 is 0 Å². The van der Waals surface area contributed by atoms with Gasteiger partial charge in [0.2, 0.25) is 5.95 Å². The minimum absolute atomic E-state index is 0.775. The summed E-state index contributed by atoms with van der Waals surface area (Å²) in [5.41, 5.74) is 1.02. The summed E-state index contributed by atoms with van der Waals surface area (Å²) < 4.78 is 5.46. The molecule has 4 nitrogen and oxygen atoms in total. The van der Waals surface area contributed by atoms with Crippen LogP contribution in [0.4, 0.5) is 5.95 Å². The maximum Gasteiger partial charge on any atom is 0.225 e. The quantitative estimate of drug-likeness (QED) is 0.697. The van der Waals surface area contributed by atoms with Gasteiger partial charge in [-0.2, -0.15) is 0 Å². The Bertz CT molecular complexity index is 308. The maximum absolute atomic E-state index is 5.46. The molecule has 82 valence electrons.